The number of hydrogen-bond donors (Lipinski definition) is 4. The van der Waals surface area contributed by atoms with E-state index >= 15 is 0 Å². The molecule has 1 rings (SSSR count). The molecule has 0 saturated carbocycles. The van der Waals surface area contributed by atoms with Gasteiger partial charge in [0.05, 0.1) is 6.04 Å². The second-order valence-corrected chi connectivity index (χ2v) is 6.49. The van der Waals surface area contributed by atoms with E-state index in [1.54, 1.807) is 51.1 Å². The van der Waals surface area contributed by atoms with E-state index in [0.29, 0.717) is 12.0 Å². The third-order valence-corrected chi connectivity index (χ3v) is 4.02. The fourth-order valence-corrected chi connectivity index (χ4v) is 2.39. The second kappa shape index (κ2) is 9.59. The molecule has 0 aliphatic carbocycles. The number of alkyl halides is 2. The SMILES string of the molecule is CCCNC(=O)C(F)(F)[C@H](O)[C@@H](NC(=O)[C@@H](N)c1ccccc1)C(C)C. The summed E-state index contributed by atoms with van der Waals surface area (Å²) in [6, 6.07) is 6.00. The fraction of sp³-hybridized carbons (Fsp3) is 0.556. The van der Waals surface area contributed by atoms with Gasteiger partial charge in [0.15, 0.2) is 0 Å². The predicted octanol–water partition coefficient (Wildman–Crippen LogP) is 1.35. The molecule has 8 heteroatoms. The molecule has 0 spiro atoms. The van der Waals surface area contributed by atoms with Gasteiger partial charge in [0.25, 0.3) is 5.91 Å². The van der Waals surface area contributed by atoms with Crippen molar-refractivity contribution < 1.29 is 23.5 Å². The fourth-order valence-electron chi connectivity index (χ4n) is 2.39. The van der Waals surface area contributed by atoms with Gasteiger partial charge >= 0.3 is 5.92 Å². The first kappa shape index (κ1) is 22.0. The van der Waals surface area contributed by atoms with Crippen LogP contribution >= 0.6 is 0 Å². The van der Waals surface area contributed by atoms with Gasteiger partial charge in [0.1, 0.15) is 12.1 Å². The first-order valence-corrected chi connectivity index (χ1v) is 8.58. The van der Waals surface area contributed by atoms with Crippen molar-refractivity contribution in [2.24, 2.45) is 11.7 Å². The molecule has 0 fully saturated rings. The number of halogens is 2. The van der Waals surface area contributed by atoms with Gasteiger partial charge in [-0.05, 0) is 17.9 Å². The van der Waals surface area contributed by atoms with Crippen LogP contribution in [0, 0.1) is 5.92 Å². The summed E-state index contributed by atoms with van der Waals surface area (Å²) < 4.78 is 28.5. The third kappa shape index (κ3) is 5.47. The van der Waals surface area contributed by atoms with Gasteiger partial charge in [-0.1, -0.05) is 51.1 Å². The molecule has 0 saturated heterocycles. The van der Waals surface area contributed by atoms with Crippen molar-refractivity contribution in [3.8, 4) is 0 Å². The molecule has 0 aliphatic rings. The number of aliphatic hydroxyl groups is 1. The first-order chi connectivity index (χ1) is 12.1. The zero-order chi connectivity index (χ0) is 19.9. The summed E-state index contributed by atoms with van der Waals surface area (Å²) in [6.45, 7) is 4.90. The molecule has 0 bridgehead atoms. The van der Waals surface area contributed by atoms with Crippen molar-refractivity contribution in [3.63, 3.8) is 0 Å². The Morgan fingerprint density at radius 2 is 1.81 bits per heavy atom. The highest BCUT2D eigenvalue weighted by atomic mass is 19.3. The summed E-state index contributed by atoms with van der Waals surface area (Å²) in [6.07, 6.45) is -1.90. The summed E-state index contributed by atoms with van der Waals surface area (Å²) in [7, 11) is 0. The summed E-state index contributed by atoms with van der Waals surface area (Å²) >= 11 is 0. The molecule has 5 N–H and O–H groups in total. The minimum atomic E-state index is -4.05. The van der Waals surface area contributed by atoms with Crippen LogP contribution in [0.25, 0.3) is 0 Å². The molecule has 0 radical (unpaired) electrons. The number of aliphatic hydroxyl groups excluding tert-OH is 1. The number of hydrogen-bond acceptors (Lipinski definition) is 4. The molecule has 0 aromatic heterocycles. The molecule has 6 nitrogen and oxygen atoms in total. The molecule has 1 aromatic carbocycles. The van der Waals surface area contributed by atoms with E-state index in [2.05, 4.69) is 10.6 Å². The van der Waals surface area contributed by atoms with Crippen LogP contribution in [0.2, 0.25) is 0 Å². The number of amides is 2. The predicted molar refractivity (Wildman–Crippen MR) is 94.4 cm³/mol. The van der Waals surface area contributed by atoms with Crippen molar-refractivity contribution in [2.75, 3.05) is 6.54 Å². The maximum atomic E-state index is 14.3. The van der Waals surface area contributed by atoms with Gasteiger partial charge in [0.2, 0.25) is 5.91 Å². The van der Waals surface area contributed by atoms with E-state index in [1.807, 2.05) is 0 Å². The van der Waals surface area contributed by atoms with E-state index in [0.717, 1.165) is 0 Å². The van der Waals surface area contributed by atoms with Crippen LogP contribution in [0.1, 0.15) is 38.8 Å². The zero-order valence-electron chi connectivity index (χ0n) is 15.2. The van der Waals surface area contributed by atoms with Gasteiger partial charge in [-0.25, -0.2) is 0 Å². The van der Waals surface area contributed by atoms with Crippen LogP contribution in [0.5, 0.6) is 0 Å². The Bertz CT molecular complexity index is 597. The van der Waals surface area contributed by atoms with E-state index in [-0.39, 0.29) is 6.54 Å². The van der Waals surface area contributed by atoms with Gasteiger partial charge in [-0.3, -0.25) is 9.59 Å². The van der Waals surface area contributed by atoms with Crippen molar-refractivity contribution in [3.05, 3.63) is 35.9 Å². The molecule has 0 aliphatic heterocycles. The lowest BCUT2D eigenvalue weighted by atomic mass is 9.93. The normalized spacial score (nSPS) is 15.2. The topological polar surface area (TPSA) is 104 Å². The number of nitrogens with one attached hydrogen (secondary N) is 2. The Morgan fingerprint density at radius 3 is 2.31 bits per heavy atom. The van der Waals surface area contributed by atoms with Crippen molar-refractivity contribution in [1.82, 2.24) is 10.6 Å². The summed E-state index contributed by atoms with van der Waals surface area (Å²) in [5, 5.41) is 14.5. The first-order valence-electron chi connectivity index (χ1n) is 8.58. The van der Waals surface area contributed by atoms with Crippen molar-refractivity contribution in [2.45, 2.75) is 51.3 Å². The van der Waals surface area contributed by atoms with E-state index in [1.165, 1.54) is 0 Å². The smallest absolute Gasteiger partial charge is 0.351 e. The maximum Gasteiger partial charge on any atom is 0.351 e. The molecular formula is C18H27F2N3O3. The minimum Gasteiger partial charge on any atom is -0.384 e. The van der Waals surface area contributed by atoms with Crippen LogP contribution in [-0.2, 0) is 9.59 Å². The molecule has 26 heavy (non-hydrogen) atoms. The van der Waals surface area contributed by atoms with Crippen LogP contribution in [0.4, 0.5) is 8.78 Å². The van der Waals surface area contributed by atoms with E-state index in [9.17, 15) is 23.5 Å². The van der Waals surface area contributed by atoms with Crippen LogP contribution < -0.4 is 16.4 Å². The molecule has 1 aromatic rings. The lowest BCUT2D eigenvalue weighted by molar-refractivity contribution is -0.169. The van der Waals surface area contributed by atoms with Gasteiger partial charge in [0, 0.05) is 6.54 Å². The standard InChI is InChI=1S/C18H27F2N3O3/c1-4-10-22-17(26)18(19,20)15(24)14(11(2)3)23-16(25)13(21)12-8-6-5-7-9-12/h5-9,11,13-15,24H,4,10,21H2,1-3H3,(H,22,26)(H,23,25)/t13-,14-,15+/m0/s1. The highest BCUT2D eigenvalue weighted by Gasteiger charge is 2.51. The number of rotatable bonds is 9. The van der Waals surface area contributed by atoms with E-state index < -0.39 is 41.8 Å². The van der Waals surface area contributed by atoms with Crippen molar-refractivity contribution in [1.29, 1.82) is 0 Å². The quantitative estimate of drug-likeness (QED) is 0.526. The Labute approximate surface area is 152 Å². The minimum absolute atomic E-state index is 0.0682. The average Bonchev–Trinajstić information content (AvgIpc) is 2.62. The Balaban J connectivity index is 2.90. The summed E-state index contributed by atoms with van der Waals surface area (Å²) in [4.78, 5) is 24.0. The summed E-state index contributed by atoms with van der Waals surface area (Å²) in [5.74, 6) is -6.88. The number of nitrogens with two attached hydrogens (primary N) is 1. The van der Waals surface area contributed by atoms with E-state index in [4.69, 9.17) is 5.73 Å². The van der Waals surface area contributed by atoms with Gasteiger partial charge in [-0.15, -0.1) is 0 Å². The molecule has 2 amide bonds. The Kier molecular flexibility index (Phi) is 8.10. The Hall–Kier alpha value is -2.06. The van der Waals surface area contributed by atoms with Gasteiger partial charge in [-0.2, -0.15) is 8.78 Å². The number of carbonyl (C=O) groups is 2. The highest BCUT2D eigenvalue weighted by molar-refractivity contribution is 5.85. The van der Waals surface area contributed by atoms with Crippen LogP contribution in [0.15, 0.2) is 30.3 Å². The second-order valence-electron chi connectivity index (χ2n) is 6.49. The summed E-state index contributed by atoms with van der Waals surface area (Å²) in [5.41, 5.74) is 6.37. The highest BCUT2D eigenvalue weighted by Crippen LogP contribution is 2.25. The zero-order valence-corrected chi connectivity index (χ0v) is 15.2. The van der Waals surface area contributed by atoms with Crippen molar-refractivity contribution >= 4 is 11.8 Å². The molecule has 3 atom stereocenters. The molecular weight excluding hydrogens is 344 g/mol. The largest absolute Gasteiger partial charge is 0.384 e. The molecule has 0 unspecified atom stereocenters. The Morgan fingerprint density at radius 1 is 1.23 bits per heavy atom. The number of carbonyl (C=O) groups excluding carboxylic acids is 2. The molecule has 0 heterocycles. The maximum absolute atomic E-state index is 14.3. The van der Waals surface area contributed by atoms with Gasteiger partial charge < -0.3 is 21.5 Å². The molecule has 146 valence electrons. The monoisotopic (exact) mass is 371 g/mol. The van der Waals surface area contributed by atoms with Crippen LogP contribution in [0.3, 0.4) is 0 Å². The lowest BCUT2D eigenvalue weighted by Crippen LogP contribution is -2.59. The number of benzene rings is 1. The average molecular weight is 371 g/mol. The third-order valence-electron chi connectivity index (χ3n) is 4.02. The van der Waals surface area contributed by atoms with Crippen LogP contribution in [-0.4, -0.2) is 41.5 Å². The lowest BCUT2D eigenvalue weighted by Gasteiger charge is -2.32.